The van der Waals surface area contributed by atoms with E-state index in [4.69, 9.17) is 9.90 Å². The molecule has 1 fully saturated rings. The first-order valence-corrected chi connectivity index (χ1v) is 10.3. The van der Waals surface area contributed by atoms with Crippen LogP contribution in [-0.2, 0) is 17.6 Å². The first-order valence-electron chi connectivity index (χ1n) is 10.3. The highest BCUT2D eigenvalue weighted by atomic mass is 19.4. The van der Waals surface area contributed by atoms with Crippen molar-refractivity contribution in [1.82, 2.24) is 19.9 Å². The van der Waals surface area contributed by atoms with Crippen molar-refractivity contribution < 1.29 is 28.2 Å². The third-order valence-electron chi connectivity index (χ3n) is 5.02. The molecular formula is C21H29F3N4O3. The van der Waals surface area contributed by atoms with Gasteiger partial charge in [-0.2, -0.15) is 13.2 Å². The van der Waals surface area contributed by atoms with Gasteiger partial charge in [0.05, 0.1) is 17.8 Å². The van der Waals surface area contributed by atoms with Crippen LogP contribution in [0.2, 0.25) is 0 Å². The van der Waals surface area contributed by atoms with E-state index in [0.717, 1.165) is 38.0 Å². The molecule has 0 radical (unpaired) electrons. The number of hydrogen-bond donors (Lipinski definition) is 2. The van der Waals surface area contributed by atoms with Gasteiger partial charge in [-0.15, -0.1) is 5.10 Å². The molecule has 1 aliphatic heterocycles. The molecule has 2 heterocycles. The van der Waals surface area contributed by atoms with Crippen LogP contribution < -0.4 is 0 Å². The van der Waals surface area contributed by atoms with Crippen molar-refractivity contribution in [1.29, 1.82) is 0 Å². The fourth-order valence-corrected chi connectivity index (χ4v) is 3.45. The summed E-state index contributed by atoms with van der Waals surface area (Å²) in [6.45, 7) is 5.22. The molecule has 0 aliphatic carbocycles. The average Bonchev–Trinajstić information content (AvgIpc) is 3.17. The highest BCUT2D eigenvalue weighted by molar-refractivity contribution is 5.73. The minimum atomic E-state index is -5.08. The highest BCUT2D eigenvalue weighted by Crippen LogP contribution is 2.22. The maximum absolute atomic E-state index is 10.6. The van der Waals surface area contributed by atoms with E-state index < -0.39 is 12.1 Å². The zero-order valence-electron chi connectivity index (χ0n) is 17.5. The Morgan fingerprint density at radius 2 is 1.84 bits per heavy atom. The summed E-state index contributed by atoms with van der Waals surface area (Å²) < 4.78 is 33.7. The Hall–Kier alpha value is -2.46. The molecule has 1 aromatic carbocycles. The number of piperidine rings is 1. The van der Waals surface area contributed by atoms with Crippen molar-refractivity contribution in [3.63, 3.8) is 0 Å². The largest absolute Gasteiger partial charge is 0.490 e. The second kappa shape index (κ2) is 11.8. The van der Waals surface area contributed by atoms with E-state index in [1.165, 1.54) is 18.5 Å². The molecule has 172 valence electrons. The molecule has 0 amide bonds. The number of likely N-dealkylation sites (tertiary alicyclic amines) is 1. The molecular weight excluding hydrogens is 413 g/mol. The third kappa shape index (κ3) is 9.06. The van der Waals surface area contributed by atoms with E-state index >= 15 is 0 Å². The maximum atomic E-state index is 10.6. The van der Waals surface area contributed by atoms with Crippen molar-refractivity contribution in [2.45, 2.75) is 57.3 Å². The number of nitrogens with zero attached hydrogens (tertiary/aromatic N) is 4. The minimum Gasteiger partial charge on any atom is -0.475 e. The molecule has 10 heteroatoms. The van der Waals surface area contributed by atoms with Crippen molar-refractivity contribution in [3.05, 3.63) is 47.8 Å². The van der Waals surface area contributed by atoms with E-state index in [0.29, 0.717) is 12.5 Å². The van der Waals surface area contributed by atoms with Crippen molar-refractivity contribution >= 4 is 5.97 Å². The summed E-state index contributed by atoms with van der Waals surface area (Å²) in [4.78, 5) is 11.5. The Morgan fingerprint density at radius 3 is 2.39 bits per heavy atom. The van der Waals surface area contributed by atoms with Gasteiger partial charge in [0.1, 0.15) is 0 Å². The molecule has 0 spiro atoms. The summed E-state index contributed by atoms with van der Waals surface area (Å²) in [5.74, 6) is -2.76. The average molecular weight is 442 g/mol. The fraction of sp³-hybridized carbons (Fsp3) is 0.571. The van der Waals surface area contributed by atoms with Crippen LogP contribution in [0.5, 0.6) is 0 Å². The third-order valence-corrected chi connectivity index (χ3v) is 5.02. The standard InChI is InChI=1S/C19H28N4O.C2HF3O2/c1-16(24)14-18-15-23(21-20-18)19-9-12-22(13-10-19)11-5-8-17-6-3-2-4-7-17;3-2(4,5)1(6)7/h2-4,6-7,15-16,19,24H,5,8-14H2,1H3;(H,6,7). The fourth-order valence-electron chi connectivity index (χ4n) is 3.45. The number of hydrogen-bond acceptors (Lipinski definition) is 5. The Kier molecular flexibility index (Phi) is 9.44. The Balaban J connectivity index is 0.000000423. The first-order chi connectivity index (χ1) is 14.6. The lowest BCUT2D eigenvalue weighted by Crippen LogP contribution is -2.35. The second-order valence-electron chi connectivity index (χ2n) is 7.71. The number of benzene rings is 1. The number of carboxylic acids is 1. The lowest BCUT2D eigenvalue weighted by atomic mass is 10.0. The number of alkyl halides is 3. The molecule has 7 nitrogen and oxygen atoms in total. The van der Waals surface area contributed by atoms with Gasteiger partial charge in [-0.05, 0) is 44.7 Å². The highest BCUT2D eigenvalue weighted by Gasteiger charge is 2.38. The maximum Gasteiger partial charge on any atom is 0.490 e. The SMILES string of the molecule is CC(O)Cc1cn(C2CCN(CCCc3ccccc3)CC2)nn1.O=C(O)C(F)(F)F. The predicted octanol–water partition coefficient (Wildman–Crippen LogP) is 3.10. The molecule has 2 aromatic rings. The lowest BCUT2D eigenvalue weighted by molar-refractivity contribution is -0.192. The van der Waals surface area contributed by atoms with E-state index in [1.54, 1.807) is 6.92 Å². The molecule has 1 unspecified atom stereocenters. The molecule has 1 atom stereocenters. The van der Waals surface area contributed by atoms with Gasteiger partial charge in [0.2, 0.25) is 0 Å². The van der Waals surface area contributed by atoms with Crippen LogP contribution in [0.1, 0.15) is 43.5 Å². The van der Waals surface area contributed by atoms with Crippen molar-refractivity contribution in [2.75, 3.05) is 19.6 Å². The van der Waals surface area contributed by atoms with Crippen molar-refractivity contribution in [2.24, 2.45) is 0 Å². The van der Waals surface area contributed by atoms with Gasteiger partial charge in [-0.3, -0.25) is 0 Å². The number of rotatable bonds is 7. The number of aliphatic hydroxyl groups is 1. The smallest absolute Gasteiger partial charge is 0.475 e. The Labute approximate surface area is 179 Å². The van der Waals surface area contributed by atoms with Gasteiger partial charge >= 0.3 is 12.1 Å². The van der Waals surface area contributed by atoms with Gasteiger partial charge in [-0.25, -0.2) is 9.48 Å². The van der Waals surface area contributed by atoms with Crippen LogP contribution in [-0.4, -0.2) is 68.0 Å². The zero-order valence-corrected chi connectivity index (χ0v) is 17.5. The van der Waals surface area contributed by atoms with Crippen LogP contribution in [0, 0.1) is 0 Å². The van der Waals surface area contributed by atoms with Gasteiger partial charge in [0.15, 0.2) is 0 Å². The molecule has 2 N–H and O–H groups in total. The lowest BCUT2D eigenvalue weighted by Gasteiger charge is -2.31. The van der Waals surface area contributed by atoms with E-state index in [2.05, 4.69) is 45.5 Å². The summed E-state index contributed by atoms with van der Waals surface area (Å²) in [7, 11) is 0. The zero-order chi connectivity index (χ0) is 22.9. The first kappa shape index (κ1) is 24.8. The number of carboxylic acid groups (broad SMARTS) is 1. The molecule has 1 aromatic heterocycles. The van der Waals surface area contributed by atoms with Crippen molar-refractivity contribution in [3.8, 4) is 0 Å². The quantitative estimate of drug-likeness (QED) is 0.685. The van der Waals surface area contributed by atoms with Gasteiger partial charge in [0, 0.05) is 25.7 Å². The molecule has 0 saturated carbocycles. The van der Waals surface area contributed by atoms with E-state index in [9.17, 15) is 18.3 Å². The number of carbonyl (C=O) groups is 1. The molecule has 0 bridgehead atoms. The number of halogens is 3. The second-order valence-corrected chi connectivity index (χ2v) is 7.71. The van der Waals surface area contributed by atoms with Gasteiger partial charge in [0.25, 0.3) is 0 Å². The molecule has 3 rings (SSSR count). The van der Waals surface area contributed by atoms with Gasteiger partial charge < -0.3 is 15.1 Å². The molecule has 1 saturated heterocycles. The van der Waals surface area contributed by atoms with Crippen LogP contribution in [0.15, 0.2) is 36.5 Å². The summed E-state index contributed by atoms with van der Waals surface area (Å²) in [5.41, 5.74) is 2.32. The normalized spacial score (nSPS) is 16.4. The topological polar surface area (TPSA) is 91.5 Å². The number of aryl methyl sites for hydroxylation is 1. The number of aliphatic carboxylic acids is 1. The number of aliphatic hydroxyl groups excluding tert-OH is 1. The van der Waals surface area contributed by atoms with Gasteiger partial charge in [-0.1, -0.05) is 35.5 Å². The molecule has 1 aliphatic rings. The summed E-state index contributed by atoms with van der Waals surface area (Å²) in [6.07, 6.45) is 1.77. The predicted molar refractivity (Wildman–Crippen MR) is 109 cm³/mol. The monoisotopic (exact) mass is 442 g/mol. The Morgan fingerprint density at radius 1 is 1.23 bits per heavy atom. The summed E-state index contributed by atoms with van der Waals surface area (Å²) >= 11 is 0. The number of aromatic nitrogens is 3. The molecule has 31 heavy (non-hydrogen) atoms. The van der Waals surface area contributed by atoms with Crippen LogP contribution in [0.3, 0.4) is 0 Å². The van der Waals surface area contributed by atoms with Crippen LogP contribution in [0.4, 0.5) is 13.2 Å². The van der Waals surface area contributed by atoms with Crippen LogP contribution >= 0.6 is 0 Å². The summed E-state index contributed by atoms with van der Waals surface area (Å²) in [5, 5.41) is 25.0. The summed E-state index contributed by atoms with van der Waals surface area (Å²) in [6, 6.07) is 11.2. The Bertz CT molecular complexity index is 789. The van der Waals surface area contributed by atoms with E-state index in [-0.39, 0.29) is 6.10 Å². The van der Waals surface area contributed by atoms with E-state index in [1.807, 2.05) is 10.9 Å². The minimum absolute atomic E-state index is 0.360. The van der Waals surface area contributed by atoms with Crippen LogP contribution in [0.25, 0.3) is 0 Å².